The molecule has 4 aromatic rings. The van der Waals surface area contributed by atoms with Crippen molar-refractivity contribution in [3.05, 3.63) is 93.9 Å². The van der Waals surface area contributed by atoms with Gasteiger partial charge in [0, 0.05) is 37.4 Å². The van der Waals surface area contributed by atoms with E-state index in [2.05, 4.69) is 16.1 Å². The number of halogens is 1. The minimum absolute atomic E-state index is 0.00670. The number of aryl methyl sites for hydroxylation is 1. The standard InChI is InChI=1S/C36H40FN3O5/c1-4-27-28(11-8-13-33(27)40-35(43-3)30(19-38-40)36(41)42)29-12-7-9-23(2)34(29)45-22-24-17-25-14-15-39(21-31(25)32(37)18-24)20-26-10-5-6-16-44-26/h7-9,11-13,17-19,26H,4-6,10,14-16,20-22H2,1-3H3,(H,41,42). The molecule has 0 saturated carbocycles. The Bertz CT molecular complexity index is 1690. The smallest absolute Gasteiger partial charge is 0.342 e. The molecule has 3 heterocycles. The van der Waals surface area contributed by atoms with E-state index in [1.807, 2.05) is 50.2 Å². The highest BCUT2D eigenvalue weighted by molar-refractivity contribution is 5.90. The maximum Gasteiger partial charge on any atom is 0.342 e. The number of nitrogens with zero attached hydrogens (tertiary/aromatic N) is 3. The quantitative estimate of drug-likeness (QED) is 0.212. The largest absolute Gasteiger partial charge is 0.488 e. The van der Waals surface area contributed by atoms with Gasteiger partial charge in [-0.25, -0.2) is 13.9 Å². The zero-order valence-electron chi connectivity index (χ0n) is 26.1. The molecule has 1 N–H and O–H groups in total. The van der Waals surface area contributed by atoms with Gasteiger partial charge in [-0.05, 0) is 79.0 Å². The van der Waals surface area contributed by atoms with Crippen LogP contribution in [0.1, 0.15) is 64.4 Å². The average molecular weight is 614 g/mol. The first-order chi connectivity index (χ1) is 21.9. The van der Waals surface area contributed by atoms with Crippen molar-refractivity contribution in [1.29, 1.82) is 0 Å². The van der Waals surface area contributed by atoms with Gasteiger partial charge in [-0.2, -0.15) is 5.10 Å². The van der Waals surface area contributed by atoms with Crippen molar-refractivity contribution in [2.45, 2.75) is 65.2 Å². The van der Waals surface area contributed by atoms with Crippen molar-refractivity contribution in [3.63, 3.8) is 0 Å². The van der Waals surface area contributed by atoms with Crippen LogP contribution >= 0.6 is 0 Å². The van der Waals surface area contributed by atoms with Crippen LogP contribution in [0.15, 0.2) is 54.7 Å². The van der Waals surface area contributed by atoms with Crippen LogP contribution in [0.5, 0.6) is 11.6 Å². The Balaban J connectivity index is 1.26. The summed E-state index contributed by atoms with van der Waals surface area (Å²) in [6.45, 7) is 7.46. The third-order valence-electron chi connectivity index (χ3n) is 8.93. The lowest BCUT2D eigenvalue weighted by molar-refractivity contribution is -0.00822. The lowest BCUT2D eigenvalue weighted by Crippen LogP contribution is -2.39. The van der Waals surface area contributed by atoms with Gasteiger partial charge in [0.15, 0.2) is 0 Å². The van der Waals surface area contributed by atoms with Crippen LogP contribution in [0, 0.1) is 12.7 Å². The molecule has 236 valence electrons. The molecule has 0 amide bonds. The van der Waals surface area contributed by atoms with Crippen molar-refractivity contribution in [1.82, 2.24) is 14.7 Å². The number of benzene rings is 3. The molecule has 9 heteroatoms. The maximum atomic E-state index is 15.5. The molecule has 1 fully saturated rings. The number of hydrogen-bond acceptors (Lipinski definition) is 6. The van der Waals surface area contributed by atoms with Crippen LogP contribution in [-0.4, -0.2) is 58.7 Å². The number of carbonyl (C=O) groups is 1. The summed E-state index contributed by atoms with van der Waals surface area (Å²) >= 11 is 0. The zero-order valence-corrected chi connectivity index (χ0v) is 26.1. The van der Waals surface area contributed by atoms with Gasteiger partial charge in [-0.1, -0.05) is 43.3 Å². The molecule has 1 saturated heterocycles. The number of fused-ring (bicyclic) bond motifs is 1. The number of hydrogen-bond donors (Lipinski definition) is 1. The van der Waals surface area contributed by atoms with Crippen molar-refractivity contribution >= 4 is 5.97 Å². The summed E-state index contributed by atoms with van der Waals surface area (Å²) < 4.78 is 34.9. The topological polar surface area (TPSA) is 86.1 Å². The monoisotopic (exact) mass is 613 g/mol. The predicted molar refractivity (Wildman–Crippen MR) is 170 cm³/mol. The normalized spacial score (nSPS) is 16.8. The maximum absolute atomic E-state index is 15.5. The molecule has 0 aliphatic carbocycles. The fourth-order valence-corrected chi connectivity index (χ4v) is 6.68. The molecule has 1 unspecified atom stereocenters. The number of methoxy groups -OCH3 is 1. The minimum atomic E-state index is -1.10. The lowest BCUT2D eigenvalue weighted by Gasteiger charge is -2.33. The Morgan fingerprint density at radius 1 is 1.16 bits per heavy atom. The highest BCUT2D eigenvalue weighted by atomic mass is 19.1. The Hall–Kier alpha value is -4.21. The first kappa shape index (κ1) is 30.8. The number of carboxylic acids is 1. The summed E-state index contributed by atoms with van der Waals surface area (Å²) in [5.74, 6) is -0.401. The van der Waals surface area contributed by atoms with Gasteiger partial charge < -0.3 is 19.3 Å². The molecule has 2 aliphatic rings. The third kappa shape index (κ3) is 6.32. The molecule has 45 heavy (non-hydrogen) atoms. The first-order valence-electron chi connectivity index (χ1n) is 15.7. The average Bonchev–Trinajstić information content (AvgIpc) is 3.49. The van der Waals surface area contributed by atoms with E-state index in [1.165, 1.54) is 24.4 Å². The summed E-state index contributed by atoms with van der Waals surface area (Å²) in [7, 11) is 1.44. The Morgan fingerprint density at radius 2 is 1.98 bits per heavy atom. The van der Waals surface area contributed by atoms with Crippen LogP contribution in [0.2, 0.25) is 0 Å². The second-order valence-corrected chi connectivity index (χ2v) is 11.9. The van der Waals surface area contributed by atoms with Crippen molar-refractivity contribution < 1.29 is 28.5 Å². The summed E-state index contributed by atoms with van der Waals surface area (Å²) in [5, 5.41) is 14.0. The molecule has 6 rings (SSSR count). The van der Waals surface area contributed by atoms with E-state index in [-0.39, 0.29) is 30.0 Å². The molecular weight excluding hydrogens is 573 g/mol. The van der Waals surface area contributed by atoms with Gasteiger partial charge in [0.25, 0.3) is 0 Å². The predicted octanol–water partition coefficient (Wildman–Crippen LogP) is 6.76. The van der Waals surface area contributed by atoms with E-state index in [0.29, 0.717) is 13.0 Å². The van der Waals surface area contributed by atoms with Gasteiger partial charge >= 0.3 is 5.97 Å². The second kappa shape index (κ2) is 13.4. The van der Waals surface area contributed by atoms with Crippen LogP contribution in [0.4, 0.5) is 4.39 Å². The van der Waals surface area contributed by atoms with Crippen LogP contribution < -0.4 is 9.47 Å². The van der Waals surface area contributed by atoms with E-state index in [0.717, 1.165) is 89.3 Å². The molecule has 8 nitrogen and oxygen atoms in total. The van der Waals surface area contributed by atoms with E-state index in [9.17, 15) is 9.90 Å². The van der Waals surface area contributed by atoms with Gasteiger partial charge in [0.2, 0.25) is 5.88 Å². The molecule has 3 aromatic carbocycles. The van der Waals surface area contributed by atoms with Gasteiger partial charge in [-0.15, -0.1) is 0 Å². The molecule has 0 spiro atoms. The molecular formula is C36H40FN3O5. The van der Waals surface area contributed by atoms with Gasteiger partial charge in [0.05, 0.1) is 25.1 Å². The second-order valence-electron chi connectivity index (χ2n) is 11.9. The van der Waals surface area contributed by atoms with E-state index in [4.69, 9.17) is 14.2 Å². The fraction of sp³-hybridized carbons (Fsp3) is 0.389. The highest BCUT2D eigenvalue weighted by Gasteiger charge is 2.25. The number of aromatic nitrogens is 2. The van der Waals surface area contributed by atoms with E-state index >= 15 is 4.39 Å². The molecule has 1 aromatic heterocycles. The summed E-state index contributed by atoms with van der Waals surface area (Å²) in [4.78, 5) is 14.1. The summed E-state index contributed by atoms with van der Waals surface area (Å²) in [6, 6.07) is 15.6. The number of ether oxygens (including phenoxy) is 3. The lowest BCUT2D eigenvalue weighted by atomic mass is 9.94. The molecule has 0 radical (unpaired) electrons. The SMILES string of the molecule is CCc1c(-c2cccc(C)c2OCc2cc(F)c3c(c2)CCN(CC2CCCCO2)C3)cccc1-n1ncc(C(=O)O)c1OC. The van der Waals surface area contributed by atoms with Gasteiger partial charge in [0.1, 0.15) is 23.7 Å². The van der Waals surface area contributed by atoms with Crippen LogP contribution in [0.3, 0.4) is 0 Å². The number of aromatic carboxylic acids is 1. The third-order valence-corrected chi connectivity index (χ3v) is 8.93. The van der Waals surface area contributed by atoms with Crippen molar-refractivity contribution in [3.8, 4) is 28.4 Å². The van der Waals surface area contributed by atoms with E-state index < -0.39 is 5.97 Å². The zero-order chi connectivity index (χ0) is 31.5. The Labute approximate surface area is 263 Å². The number of carboxylic acid groups (broad SMARTS) is 1. The Morgan fingerprint density at radius 3 is 2.73 bits per heavy atom. The van der Waals surface area contributed by atoms with Crippen LogP contribution in [0.25, 0.3) is 16.8 Å². The van der Waals surface area contributed by atoms with Crippen molar-refractivity contribution in [2.75, 3.05) is 26.8 Å². The fourth-order valence-electron chi connectivity index (χ4n) is 6.68. The number of rotatable bonds is 10. The van der Waals surface area contributed by atoms with Crippen LogP contribution in [-0.2, 0) is 30.7 Å². The Kier molecular flexibility index (Phi) is 9.19. The highest BCUT2D eigenvalue weighted by Crippen LogP contribution is 2.39. The first-order valence-corrected chi connectivity index (χ1v) is 15.7. The summed E-state index contributed by atoms with van der Waals surface area (Å²) in [6.07, 6.45) is 6.42. The van der Waals surface area contributed by atoms with Crippen molar-refractivity contribution in [2.24, 2.45) is 0 Å². The molecule has 0 bridgehead atoms. The minimum Gasteiger partial charge on any atom is -0.488 e. The summed E-state index contributed by atoms with van der Waals surface area (Å²) in [5.41, 5.74) is 7.13. The number of para-hydroxylation sites is 1. The molecule has 2 aliphatic heterocycles. The van der Waals surface area contributed by atoms with E-state index in [1.54, 1.807) is 6.07 Å². The van der Waals surface area contributed by atoms with Gasteiger partial charge in [-0.3, -0.25) is 4.90 Å². The molecule has 1 atom stereocenters.